The number of urea groups is 1. The fourth-order valence-corrected chi connectivity index (χ4v) is 2.79. The fraction of sp³-hybridized carbons (Fsp3) is 0.300. The molecule has 2 aromatic carbocycles. The van der Waals surface area contributed by atoms with Crippen LogP contribution in [0, 0.1) is 0 Å². The molecule has 0 radical (unpaired) electrons. The minimum atomic E-state index is -0.163. The molecule has 25 heavy (non-hydrogen) atoms. The highest BCUT2D eigenvalue weighted by Crippen LogP contribution is 2.24. The Balaban J connectivity index is 1.74. The highest BCUT2D eigenvalue weighted by molar-refractivity contribution is 6.04. The number of nitrogens with zero attached hydrogens (tertiary/aromatic N) is 1. The van der Waals surface area contributed by atoms with Gasteiger partial charge in [0.05, 0.1) is 0 Å². The molecule has 3 amide bonds. The minimum Gasteiger partial charge on any atom is -0.336 e. The summed E-state index contributed by atoms with van der Waals surface area (Å²) in [6.07, 6.45) is 0. The predicted molar refractivity (Wildman–Crippen MR) is 100 cm³/mol. The van der Waals surface area contributed by atoms with E-state index in [1.807, 2.05) is 48.5 Å². The molecule has 2 N–H and O–H groups in total. The first kappa shape index (κ1) is 17.0. The van der Waals surface area contributed by atoms with Crippen LogP contribution in [0.4, 0.5) is 16.2 Å². The number of rotatable bonds is 3. The van der Waals surface area contributed by atoms with E-state index in [4.69, 9.17) is 0 Å². The van der Waals surface area contributed by atoms with Gasteiger partial charge in [0.15, 0.2) is 0 Å². The molecule has 2 aromatic rings. The smallest absolute Gasteiger partial charge is 0.321 e. The number of amides is 3. The summed E-state index contributed by atoms with van der Waals surface area (Å²) in [6, 6.07) is 14.9. The van der Waals surface area contributed by atoms with Crippen molar-refractivity contribution in [3.63, 3.8) is 0 Å². The van der Waals surface area contributed by atoms with Gasteiger partial charge in [-0.05, 0) is 41.3 Å². The molecule has 1 saturated heterocycles. The fourth-order valence-electron chi connectivity index (χ4n) is 2.79. The van der Waals surface area contributed by atoms with Crippen LogP contribution in [0.3, 0.4) is 0 Å². The van der Waals surface area contributed by atoms with E-state index in [1.54, 1.807) is 4.90 Å². The maximum absolute atomic E-state index is 12.5. The minimum absolute atomic E-state index is 0.0552. The zero-order chi connectivity index (χ0) is 18.0. The Bertz CT molecular complexity index is 791. The van der Waals surface area contributed by atoms with E-state index in [0.717, 1.165) is 5.69 Å². The lowest BCUT2D eigenvalue weighted by atomic mass is 9.87. The van der Waals surface area contributed by atoms with Crippen LogP contribution in [-0.2, 0) is 5.41 Å². The number of nitrogens with one attached hydrogen (secondary N) is 2. The number of benzene rings is 2. The van der Waals surface area contributed by atoms with Crippen LogP contribution < -0.4 is 15.5 Å². The lowest BCUT2D eigenvalue weighted by Gasteiger charge is -2.19. The molecule has 1 aliphatic rings. The predicted octanol–water partition coefficient (Wildman–Crippen LogP) is 3.77. The molecule has 5 nitrogen and oxygen atoms in total. The van der Waals surface area contributed by atoms with Gasteiger partial charge in [-0.1, -0.05) is 39.0 Å². The average molecular weight is 337 g/mol. The van der Waals surface area contributed by atoms with Crippen LogP contribution in [0.15, 0.2) is 48.5 Å². The lowest BCUT2D eigenvalue weighted by Crippen LogP contribution is -2.27. The second-order valence-electron chi connectivity index (χ2n) is 7.22. The number of carbonyl (C=O) groups excluding carboxylic acids is 2. The molecule has 1 aliphatic heterocycles. The molecular weight excluding hydrogens is 314 g/mol. The average Bonchev–Trinajstić information content (AvgIpc) is 3.00. The Morgan fingerprint density at radius 2 is 1.84 bits per heavy atom. The Morgan fingerprint density at radius 3 is 2.44 bits per heavy atom. The highest BCUT2D eigenvalue weighted by Gasteiger charge is 2.21. The Kier molecular flexibility index (Phi) is 4.49. The monoisotopic (exact) mass is 337 g/mol. The molecule has 0 unspecified atom stereocenters. The van der Waals surface area contributed by atoms with E-state index >= 15 is 0 Å². The standard InChI is InChI=1S/C20H23N3O2/c1-20(2,3)15-9-7-14(8-10-15)18(24)22-16-5-4-6-17(13-16)23-12-11-21-19(23)25/h4-10,13H,11-12H2,1-3H3,(H,21,25)(H,22,24). The second-order valence-corrected chi connectivity index (χ2v) is 7.22. The van der Waals surface area contributed by atoms with Crippen LogP contribution in [0.1, 0.15) is 36.7 Å². The summed E-state index contributed by atoms with van der Waals surface area (Å²) >= 11 is 0. The Labute approximate surface area is 148 Å². The van der Waals surface area contributed by atoms with Gasteiger partial charge in [0.2, 0.25) is 0 Å². The van der Waals surface area contributed by atoms with Crippen molar-refractivity contribution < 1.29 is 9.59 Å². The summed E-state index contributed by atoms with van der Waals surface area (Å²) < 4.78 is 0. The van der Waals surface area contributed by atoms with Crippen LogP contribution >= 0.6 is 0 Å². The molecule has 0 spiro atoms. The van der Waals surface area contributed by atoms with Crippen molar-refractivity contribution in [2.45, 2.75) is 26.2 Å². The van der Waals surface area contributed by atoms with E-state index in [0.29, 0.717) is 24.3 Å². The van der Waals surface area contributed by atoms with Crippen molar-refractivity contribution in [2.24, 2.45) is 0 Å². The summed E-state index contributed by atoms with van der Waals surface area (Å²) in [6.45, 7) is 7.69. The SMILES string of the molecule is CC(C)(C)c1ccc(C(=O)Nc2cccc(N3CCNC3=O)c2)cc1. The molecule has 0 saturated carbocycles. The zero-order valence-corrected chi connectivity index (χ0v) is 14.8. The van der Waals surface area contributed by atoms with Crippen LogP contribution in [0.2, 0.25) is 0 Å². The molecule has 0 atom stereocenters. The highest BCUT2D eigenvalue weighted by atomic mass is 16.2. The molecule has 1 fully saturated rings. The molecule has 1 heterocycles. The summed E-state index contributed by atoms with van der Waals surface area (Å²) in [5, 5.41) is 5.67. The molecule has 5 heteroatoms. The van der Waals surface area contributed by atoms with E-state index in [9.17, 15) is 9.59 Å². The zero-order valence-electron chi connectivity index (χ0n) is 14.8. The van der Waals surface area contributed by atoms with Gasteiger partial charge in [-0.3, -0.25) is 9.69 Å². The summed E-state index contributed by atoms with van der Waals surface area (Å²) in [4.78, 5) is 25.9. The van der Waals surface area contributed by atoms with Gasteiger partial charge in [0, 0.05) is 30.0 Å². The first-order chi connectivity index (χ1) is 11.8. The summed E-state index contributed by atoms with van der Waals surface area (Å²) in [5.74, 6) is -0.163. The maximum Gasteiger partial charge on any atom is 0.321 e. The third kappa shape index (κ3) is 3.82. The Hall–Kier alpha value is -2.82. The van der Waals surface area contributed by atoms with Gasteiger partial charge in [-0.15, -0.1) is 0 Å². The van der Waals surface area contributed by atoms with Crippen molar-refractivity contribution >= 4 is 23.3 Å². The van der Waals surface area contributed by atoms with E-state index < -0.39 is 0 Å². The third-order valence-corrected chi connectivity index (χ3v) is 4.29. The van der Waals surface area contributed by atoms with Crippen molar-refractivity contribution in [3.8, 4) is 0 Å². The molecular formula is C20H23N3O2. The van der Waals surface area contributed by atoms with Crippen molar-refractivity contribution in [3.05, 3.63) is 59.7 Å². The normalized spacial score (nSPS) is 14.4. The molecule has 0 aromatic heterocycles. The van der Waals surface area contributed by atoms with Gasteiger partial charge in [-0.2, -0.15) is 0 Å². The van der Waals surface area contributed by atoms with E-state index in [2.05, 4.69) is 31.4 Å². The summed E-state index contributed by atoms with van der Waals surface area (Å²) in [7, 11) is 0. The number of carbonyl (C=O) groups is 2. The number of hydrogen-bond acceptors (Lipinski definition) is 2. The quantitative estimate of drug-likeness (QED) is 0.896. The van der Waals surface area contributed by atoms with Gasteiger partial charge < -0.3 is 10.6 Å². The van der Waals surface area contributed by atoms with Gasteiger partial charge in [0.25, 0.3) is 5.91 Å². The van der Waals surface area contributed by atoms with Gasteiger partial charge in [-0.25, -0.2) is 4.79 Å². The van der Waals surface area contributed by atoms with Gasteiger partial charge >= 0.3 is 6.03 Å². The first-order valence-electron chi connectivity index (χ1n) is 8.42. The largest absolute Gasteiger partial charge is 0.336 e. The van der Waals surface area contributed by atoms with Crippen LogP contribution in [0.25, 0.3) is 0 Å². The number of hydrogen-bond donors (Lipinski definition) is 2. The molecule has 0 bridgehead atoms. The number of anilines is 2. The third-order valence-electron chi connectivity index (χ3n) is 4.29. The molecule has 0 aliphatic carbocycles. The topological polar surface area (TPSA) is 61.4 Å². The maximum atomic E-state index is 12.5. The van der Waals surface area contributed by atoms with Crippen LogP contribution in [0.5, 0.6) is 0 Å². The van der Waals surface area contributed by atoms with E-state index in [1.165, 1.54) is 5.56 Å². The van der Waals surface area contributed by atoms with E-state index in [-0.39, 0.29) is 17.4 Å². The second kappa shape index (κ2) is 6.59. The van der Waals surface area contributed by atoms with Gasteiger partial charge in [0.1, 0.15) is 0 Å². The molecule has 3 rings (SSSR count). The van der Waals surface area contributed by atoms with Crippen molar-refractivity contribution in [1.82, 2.24) is 5.32 Å². The molecule has 130 valence electrons. The first-order valence-corrected chi connectivity index (χ1v) is 8.42. The van der Waals surface area contributed by atoms with Crippen LogP contribution in [-0.4, -0.2) is 25.0 Å². The lowest BCUT2D eigenvalue weighted by molar-refractivity contribution is 0.102. The van der Waals surface area contributed by atoms with Crippen molar-refractivity contribution in [2.75, 3.05) is 23.3 Å². The van der Waals surface area contributed by atoms with Crippen molar-refractivity contribution in [1.29, 1.82) is 0 Å². The summed E-state index contributed by atoms with van der Waals surface area (Å²) in [5.41, 5.74) is 3.29. The Morgan fingerprint density at radius 1 is 1.12 bits per heavy atom.